The van der Waals surface area contributed by atoms with Crippen molar-refractivity contribution in [2.75, 3.05) is 12.8 Å². The van der Waals surface area contributed by atoms with Crippen molar-refractivity contribution >= 4 is 27.2 Å². The minimum Gasteiger partial charge on any atom is -0.497 e. The lowest BCUT2D eigenvalue weighted by molar-refractivity contribution is 0.415. The molecule has 0 bridgehead atoms. The third-order valence-corrected chi connectivity index (χ3v) is 5.39. The Bertz CT molecular complexity index is 951. The number of methoxy groups -OCH3 is 1. The number of hydrogen-bond acceptors (Lipinski definition) is 5. The summed E-state index contributed by atoms with van der Waals surface area (Å²) in [6, 6.07) is 10.2. The van der Waals surface area contributed by atoms with E-state index >= 15 is 0 Å². The first-order valence-corrected chi connectivity index (χ1v) is 8.33. The molecule has 0 amide bonds. The summed E-state index contributed by atoms with van der Waals surface area (Å²) in [5, 5.41) is 10.2. The number of hydrogen-bond donors (Lipinski definition) is 1. The van der Waals surface area contributed by atoms with Crippen molar-refractivity contribution in [2.45, 2.75) is 19.3 Å². The summed E-state index contributed by atoms with van der Waals surface area (Å²) in [6.07, 6.45) is 3.12. The maximum Gasteiger partial charge on any atom is 0.130 e. The van der Waals surface area contributed by atoms with Crippen LogP contribution in [0, 0.1) is 11.3 Å². The molecule has 23 heavy (non-hydrogen) atoms. The zero-order chi connectivity index (χ0) is 16.0. The largest absolute Gasteiger partial charge is 0.497 e. The zero-order valence-electron chi connectivity index (χ0n) is 12.7. The fourth-order valence-corrected chi connectivity index (χ4v) is 4.23. The molecule has 0 unspecified atom stereocenters. The summed E-state index contributed by atoms with van der Waals surface area (Å²) >= 11 is 1.38. The van der Waals surface area contributed by atoms with Gasteiger partial charge in [-0.2, -0.15) is 5.26 Å². The third kappa shape index (κ3) is 2.07. The van der Waals surface area contributed by atoms with Crippen LogP contribution in [-0.4, -0.2) is 12.1 Å². The van der Waals surface area contributed by atoms with Crippen molar-refractivity contribution in [3.8, 4) is 22.9 Å². The van der Waals surface area contributed by atoms with Crippen LogP contribution in [0.1, 0.15) is 22.6 Å². The first kappa shape index (κ1) is 14.0. The van der Waals surface area contributed by atoms with Crippen LogP contribution in [0.5, 0.6) is 5.75 Å². The Hall–Kier alpha value is -2.58. The lowest BCUT2D eigenvalue weighted by atomic mass is 9.96. The highest BCUT2D eigenvalue weighted by Crippen LogP contribution is 2.44. The van der Waals surface area contributed by atoms with Crippen LogP contribution in [-0.2, 0) is 12.8 Å². The van der Waals surface area contributed by atoms with Crippen molar-refractivity contribution in [1.82, 2.24) is 4.98 Å². The Morgan fingerprint density at radius 2 is 2.04 bits per heavy atom. The van der Waals surface area contributed by atoms with Gasteiger partial charge >= 0.3 is 0 Å². The minimum absolute atomic E-state index is 0.547. The topological polar surface area (TPSA) is 71.9 Å². The van der Waals surface area contributed by atoms with E-state index in [0.717, 1.165) is 52.0 Å². The summed E-state index contributed by atoms with van der Waals surface area (Å²) in [4.78, 5) is 6.18. The van der Waals surface area contributed by atoms with Crippen LogP contribution in [0.2, 0.25) is 0 Å². The number of ether oxygens (including phenoxy) is 1. The van der Waals surface area contributed by atoms with Crippen molar-refractivity contribution in [1.29, 1.82) is 5.26 Å². The van der Waals surface area contributed by atoms with Crippen molar-refractivity contribution in [3.05, 3.63) is 40.4 Å². The monoisotopic (exact) mass is 321 g/mol. The number of aryl methyl sites for hydroxylation is 1. The molecule has 114 valence electrons. The number of nitrogens with two attached hydrogens (primary N) is 1. The van der Waals surface area contributed by atoms with Crippen LogP contribution in [0.15, 0.2) is 24.3 Å². The molecule has 1 aliphatic carbocycles. The van der Waals surface area contributed by atoms with Gasteiger partial charge in [0.05, 0.1) is 12.8 Å². The zero-order valence-corrected chi connectivity index (χ0v) is 13.5. The SMILES string of the molecule is COc1ccc(-c2c3c(nc4sc(C#N)c(N)c24)CCC3)cc1. The smallest absolute Gasteiger partial charge is 0.130 e. The molecule has 0 saturated heterocycles. The van der Waals surface area contributed by atoms with Gasteiger partial charge in [-0.1, -0.05) is 12.1 Å². The number of nitrogen functional groups attached to an aromatic ring is 1. The second kappa shape index (κ2) is 5.25. The second-order valence-corrected chi connectivity index (χ2v) is 6.63. The maximum absolute atomic E-state index is 9.30. The van der Waals surface area contributed by atoms with Crippen LogP contribution in [0.25, 0.3) is 21.3 Å². The Morgan fingerprint density at radius 3 is 2.74 bits per heavy atom. The van der Waals surface area contributed by atoms with E-state index in [-0.39, 0.29) is 0 Å². The Morgan fingerprint density at radius 1 is 1.26 bits per heavy atom. The first-order valence-electron chi connectivity index (χ1n) is 7.51. The van der Waals surface area contributed by atoms with E-state index in [2.05, 4.69) is 18.2 Å². The average molecular weight is 321 g/mol. The number of anilines is 1. The van der Waals surface area contributed by atoms with Gasteiger partial charge in [0.25, 0.3) is 0 Å². The van der Waals surface area contributed by atoms with Crippen LogP contribution in [0.3, 0.4) is 0 Å². The number of benzene rings is 1. The molecule has 2 aromatic heterocycles. The first-order chi connectivity index (χ1) is 11.2. The van der Waals surface area contributed by atoms with Gasteiger partial charge in [0.1, 0.15) is 21.5 Å². The van der Waals surface area contributed by atoms with Gasteiger partial charge in [0.15, 0.2) is 0 Å². The lowest BCUT2D eigenvalue weighted by Crippen LogP contribution is -1.96. The van der Waals surface area contributed by atoms with E-state index in [1.807, 2.05) is 12.1 Å². The number of fused-ring (bicyclic) bond motifs is 2. The average Bonchev–Trinajstić information content (AvgIpc) is 3.17. The lowest BCUT2D eigenvalue weighted by Gasteiger charge is -2.12. The highest BCUT2D eigenvalue weighted by molar-refractivity contribution is 7.20. The van der Waals surface area contributed by atoms with E-state index in [9.17, 15) is 5.26 Å². The molecule has 4 nitrogen and oxygen atoms in total. The molecule has 1 aliphatic rings. The van der Waals surface area contributed by atoms with Gasteiger partial charge in [-0.25, -0.2) is 4.98 Å². The minimum atomic E-state index is 0.547. The summed E-state index contributed by atoms with van der Waals surface area (Å²) in [6.45, 7) is 0. The molecule has 4 rings (SSSR count). The summed E-state index contributed by atoms with van der Waals surface area (Å²) in [7, 11) is 1.66. The molecule has 2 heterocycles. The number of nitrogens with zero attached hydrogens (tertiary/aromatic N) is 2. The van der Waals surface area contributed by atoms with Gasteiger partial charge in [0.2, 0.25) is 0 Å². The molecule has 2 N–H and O–H groups in total. The van der Waals surface area contributed by atoms with E-state index in [1.54, 1.807) is 7.11 Å². The summed E-state index contributed by atoms with van der Waals surface area (Å²) in [5.74, 6) is 0.826. The molecular formula is C18H15N3OS. The second-order valence-electron chi connectivity index (χ2n) is 5.63. The van der Waals surface area contributed by atoms with Gasteiger partial charge in [-0.15, -0.1) is 11.3 Å². The molecular weight excluding hydrogens is 306 g/mol. The fraction of sp³-hybridized carbons (Fsp3) is 0.222. The number of aromatic nitrogens is 1. The quantitative estimate of drug-likeness (QED) is 0.776. The highest BCUT2D eigenvalue weighted by Gasteiger charge is 2.24. The molecule has 3 aromatic rings. The number of rotatable bonds is 2. The maximum atomic E-state index is 9.30. The summed E-state index contributed by atoms with van der Waals surface area (Å²) in [5.41, 5.74) is 11.5. The molecule has 0 radical (unpaired) electrons. The van der Waals surface area contributed by atoms with Crippen LogP contribution >= 0.6 is 11.3 Å². The standard InChI is InChI=1S/C18H15N3OS/c1-22-11-7-5-10(6-8-11)15-12-3-2-4-13(12)21-18-16(15)17(20)14(9-19)23-18/h5-8H,2-4,20H2,1H3. The Kier molecular flexibility index (Phi) is 3.21. The van der Waals surface area contributed by atoms with Crippen molar-refractivity contribution in [2.24, 2.45) is 0 Å². The molecule has 0 spiro atoms. The van der Waals surface area contributed by atoms with Crippen molar-refractivity contribution in [3.63, 3.8) is 0 Å². The van der Waals surface area contributed by atoms with E-state index in [0.29, 0.717) is 10.6 Å². The van der Waals surface area contributed by atoms with Gasteiger partial charge in [0, 0.05) is 11.1 Å². The fourth-order valence-electron chi connectivity index (χ4n) is 3.30. The predicted octanol–water partition coefficient (Wildman–Crippen LogP) is 3.91. The van der Waals surface area contributed by atoms with Gasteiger partial charge < -0.3 is 10.5 Å². The van der Waals surface area contributed by atoms with Gasteiger partial charge in [-0.05, 0) is 48.1 Å². The van der Waals surface area contributed by atoms with E-state index in [4.69, 9.17) is 15.5 Å². The molecule has 0 aliphatic heterocycles. The predicted molar refractivity (Wildman–Crippen MR) is 92.8 cm³/mol. The van der Waals surface area contributed by atoms with Crippen LogP contribution < -0.4 is 10.5 Å². The van der Waals surface area contributed by atoms with E-state index < -0.39 is 0 Å². The van der Waals surface area contributed by atoms with Crippen molar-refractivity contribution < 1.29 is 4.74 Å². The number of pyridine rings is 1. The molecule has 1 aromatic carbocycles. The Labute approximate surface area is 138 Å². The van der Waals surface area contributed by atoms with Crippen LogP contribution in [0.4, 0.5) is 5.69 Å². The summed E-state index contributed by atoms with van der Waals surface area (Å²) < 4.78 is 5.25. The number of thiophene rings is 1. The third-order valence-electron chi connectivity index (χ3n) is 4.38. The van der Waals surface area contributed by atoms with E-state index in [1.165, 1.54) is 16.9 Å². The molecule has 5 heteroatoms. The highest BCUT2D eigenvalue weighted by atomic mass is 32.1. The van der Waals surface area contributed by atoms with Gasteiger partial charge in [-0.3, -0.25) is 0 Å². The molecule has 0 atom stereocenters. The molecule has 0 saturated carbocycles. The normalized spacial score (nSPS) is 13.0. The molecule has 0 fully saturated rings. The number of nitriles is 1. The Balaban J connectivity index is 2.06.